The molecule has 2 aliphatic carbocycles. The summed E-state index contributed by atoms with van der Waals surface area (Å²) < 4.78 is 1.89. The van der Waals surface area contributed by atoms with Gasteiger partial charge in [0, 0.05) is 37.1 Å². The molecule has 0 bridgehead atoms. The molecule has 108 valence electrons. The number of anilines is 1. The van der Waals surface area contributed by atoms with Gasteiger partial charge in [-0.25, -0.2) is 4.98 Å². The SMILES string of the molecule is O=c1c(N(CC2CCCN2)C2CC2)nccn1C1CC1. The fraction of sp³-hybridized carbons (Fsp3) is 0.733. The van der Waals surface area contributed by atoms with Gasteiger partial charge in [-0.1, -0.05) is 0 Å². The molecule has 1 saturated heterocycles. The topological polar surface area (TPSA) is 50.2 Å². The third-order valence-corrected chi connectivity index (χ3v) is 4.63. The minimum atomic E-state index is 0.111. The summed E-state index contributed by atoms with van der Waals surface area (Å²) in [6.07, 6.45) is 10.8. The summed E-state index contributed by atoms with van der Waals surface area (Å²) >= 11 is 0. The fourth-order valence-corrected chi connectivity index (χ4v) is 3.20. The van der Waals surface area contributed by atoms with Gasteiger partial charge in [-0.3, -0.25) is 4.79 Å². The Labute approximate surface area is 119 Å². The molecule has 2 heterocycles. The van der Waals surface area contributed by atoms with Gasteiger partial charge in [0.05, 0.1) is 0 Å². The highest BCUT2D eigenvalue weighted by molar-refractivity contribution is 5.40. The van der Waals surface area contributed by atoms with Crippen LogP contribution in [0.5, 0.6) is 0 Å². The van der Waals surface area contributed by atoms with Gasteiger partial charge >= 0.3 is 0 Å². The zero-order chi connectivity index (χ0) is 13.5. The van der Waals surface area contributed by atoms with E-state index in [9.17, 15) is 4.79 Å². The highest BCUT2D eigenvalue weighted by Crippen LogP contribution is 2.34. The van der Waals surface area contributed by atoms with Gasteiger partial charge < -0.3 is 14.8 Å². The van der Waals surface area contributed by atoms with Crippen LogP contribution in [0.2, 0.25) is 0 Å². The van der Waals surface area contributed by atoms with Gasteiger partial charge in [-0.05, 0) is 45.1 Å². The maximum Gasteiger partial charge on any atom is 0.293 e. The van der Waals surface area contributed by atoms with Crippen LogP contribution in [0, 0.1) is 0 Å². The maximum absolute atomic E-state index is 12.6. The quantitative estimate of drug-likeness (QED) is 0.879. The van der Waals surface area contributed by atoms with Gasteiger partial charge in [0.2, 0.25) is 0 Å². The van der Waals surface area contributed by atoms with E-state index in [1.807, 2.05) is 10.8 Å². The Hall–Kier alpha value is -1.36. The Morgan fingerprint density at radius 3 is 2.80 bits per heavy atom. The van der Waals surface area contributed by atoms with Crippen molar-refractivity contribution in [3.05, 3.63) is 22.7 Å². The van der Waals surface area contributed by atoms with Crippen molar-refractivity contribution in [1.29, 1.82) is 0 Å². The van der Waals surface area contributed by atoms with E-state index < -0.39 is 0 Å². The third kappa shape index (κ3) is 2.35. The lowest BCUT2D eigenvalue weighted by Crippen LogP contribution is -2.42. The van der Waals surface area contributed by atoms with E-state index in [0.717, 1.165) is 25.9 Å². The molecule has 1 aromatic rings. The number of aromatic nitrogens is 2. The van der Waals surface area contributed by atoms with Crippen molar-refractivity contribution in [2.75, 3.05) is 18.0 Å². The molecule has 2 saturated carbocycles. The summed E-state index contributed by atoms with van der Waals surface area (Å²) in [7, 11) is 0. The molecule has 3 aliphatic rings. The number of hydrogen-bond donors (Lipinski definition) is 1. The number of nitrogens with zero attached hydrogens (tertiary/aromatic N) is 3. The van der Waals surface area contributed by atoms with Crippen LogP contribution in [0.25, 0.3) is 0 Å². The standard InChI is InChI=1S/C15H22N4O/c20-15-14(17-8-9-18(15)12-3-4-12)19(13-5-6-13)10-11-2-1-7-16-11/h8-9,11-13,16H,1-7,10H2. The molecular formula is C15H22N4O. The van der Waals surface area contributed by atoms with Gasteiger partial charge in [0.15, 0.2) is 5.82 Å². The molecule has 1 aromatic heterocycles. The summed E-state index contributed by atoms with van der Waals surface area (Å²) in [6.45, 7) is 2.04. The Morgan fingerprint density at radius 2 is 2.15 bits per heavy atom. The Morgan fingerprint density at radius 1 is 1.30 bits per heavy atom. The number of hydrogen-bond acceptors (Lipinski definition) is 4. The molecule has 5 heteroatoms. The molecule has 1 unspecified atom stereocenters. The normalized spacial score (nSPS) is 25.9. The molecule has 0 radical (unpaired) electrons. The van der Waals surface area contributed by atoms with Crippen LogP contribution in [-0.2, 0) is 0 Å². The molecule has 0 amide bonds. The smallest absolute Gasteiger partial charge is 0.293 e. The second-order valence-corrected chi connectivity index (χ2v) is 6.37. The first-order chi connectivity index (χ1) is 9.83. The second kappa shape index (κ2) is 4.88. The largest absolute Gasteiger partial charge is 0.347 e. The lowest BCUT2D eigenvalue weighted by atomic mass is 10.2. The van der Waals surface area contributed by atoms with E-state index in [2.05, 4.69) is 15.2 Å². The monoisotopic (exact) mass is 274 g/mol. The highest BCUT2D eigenvalue weighted by Gasteiger charge is 2.35. The van der Waals surface area contributed by atoms with E-state index in [0.29, 0.717) is 23.9 Å². The van der Waals surface area contributed by atoms with E-state index in [1.54, 1.807) is 6.20 Å². The van der Waals surface area contributed by atoms with Crippen LogP contribution in [0.15, 0.2) is 17.2 Å². The highest BCUT2D eigenvalue weighted by atomic mass is 16.1. The third-order valence-electron chi connectivity index (χ3n) is 4.63. The molecule has 0 spiro atoms. The van der Waals surface area contributed by atoms with E-state index in [-0.39, 0.29) is 5.56 Å². The van der Waals surface area contributed by atoms with Gasteiger partial charge in [0.25, 0.3) is 5.56 Å². The van der Waals surface area contributed by atoms with Crippen molar-refractivity contribution in [1.82, 2.24) is 14.9 Å². The summed E-state index contributed by atoms with van der Waals surface area (Å²) in [5.74, 6) is 0.676. The number of rotatable bonds is 5. The molecule has 4 rings (SSSR count). The molecule has 1 atom stereocenters. The zero-order valence-electron chi connectivity index (χ0n) is 11.8. The average molecular weight is 274 g/mol. The molecule has 3 fully saturated rings. The molecule has 0 aromatic carbocycles. The van der Waals surface area contributed by atoms with Crippen molar-refractivity contribution < 1.29 is 0 Å². The fourth-order valence-electron chi connectivity index (χ4n) is 3.20. The molecule has 5 nitrogen and oxygen atoms in total. The van der Waals surface area contributed by atoms with Gasteiger partial charge in [0.1, 0.15) is 0 Å². The zero-order valence-corrected chi connectivity index (χ0v) is 11.8. The second-order valence-electron chi connectivity index (χ2n) is 6.37. The van der Waals surface area contributed by atoms with E-state index in [4.69, 9.17) is 0 Å². The van der Waals surface area contributed by atoms with E-state index >= 15 is 0 Å². The lowest BCUT2D eigenvalue weighted by molar-refractivity contribution is 0.570. The van der Waals surface area contributed by atoms with Crippen molar-refractivity contribution in [3.8, 4) is 0 Å². The van der Waals surface area contributed by atoms with Crippen molar-refractivity contribution in [3.63, 3.8) is 0 Å². The van der Waals surface area contributed by atoms with Crippen molar-refractivity contribution in [2.24, 2.45) is 0 Å². The first kappa shape index (κ1) is 12.4. The van der Waals surface area contributed by atoms with Crippen LogP contribution >= 0.6 is 0 Å². The summed E-state index contributed by atoms with van der Waals surface area (Å²) in [4.78, 5) is 19.3. The summed E-state index contributed by atoms with van der Waals surface area (Å²) in [5.41, 5.74) is 0.111. The van der Waals surface area contributed by atoms with Crippen LogP contribution in [0.4, 0.5) is 5.82 Å². The Balaban J connectivity index is 1.62. The lowest BCUT2D eigenvalue weighted by Gasteiger charge is -2.26. The average Bonchev–Trinajstić information content (AvgIpc) is 3.37. The van der Waals surface area contributed by atoms with Gasteiger partial charge in [-0.15, -0.1) is 0 Å². The molecule has 1 N–H and O–H groups in total. The first-order valence-electron chi connectivity index (χ1n) is 7.90. The number of nitrogens with one attached hydrogen (secondary N) is 1. The van der Waals surface area contributed by atoms with Crippen LogP contribution < -0.4 is 15.8 Å². The van der Waals surface area contributed by atoms with Crippen LogP contribution in [0.3, 0.4) is 0 Å². The maximum atomic E-state index is 12.6. The predicted molar refractivity (Wildman–Crippen MR) is 78.2 cm³/mol. The van der Waals surface area contributed by atoms with Crippen molar-refractivity contribution >= 4 is 5.82 Å². The molecule has 1 aliphatic heterocycles. The molecule has 20 heavy (non-hydrogen) atoms. The summed E-state index contributed by atoms with van der Waals surface area (Å²) in [5, 5.41) is 3.53. The van der Waals surface area contributed by atoms with E-state index in [1.165, 1.54) is 25.7 Å². The minimum Gasteiger partial charge on any atom is -0.347 e. The van der Waals surface area contributed by atoms with Gasteiger partial charge in [-0.2, -0.15) is 0 Å². The minimum absolute atomic E-state index is 0.111. The summed E-state index contributed by atoms with van der Waals surface area (Å²) in [6, 6.07) is 1.48. The Kier molecular flexibility index (Phi) is 3.02. The Bertz CT molecular complexity index is 541. The van der Waals surface area contributed by atoms with Crippen molar-refractivity contribution in [2.45, 2.75) is 56.7 Å². The van der Waals surface area contributed by atoms with Crippen LogP contribution in [-0.4, -0.2) is 34.7 Å². The van der Waals surface area contributed by atoms with Crippen LogP contribution in [0.1, 0.15) is 44.6 Å². The predicted octanol–water partition coefficient (Wildman–Crippen LogP) is 1.30. The molecular weight excluding hydrogens is 252 g/mol. The first-order valence-corrected chi connectivity index (χ1v) is 7.90.